The van der Waals surface area contributed by atoms with E-state index in [1.807, 2.05) is 0 Å². The number of hydrogen-bond donors (Lipinski definition) is 2. The number of nitrogens with zero attached hydrogens (tertiary/aromatic N) is 1. The second-order valence-electron chi connectivity index (χ2n) is 3.81. The van der Waals surface area contributed by atoms with Gasteiger partial charge >= 0.3 is 0 Å². The van der Waals surface area contributed by atoms with Crippen molar-refractivity contribution in [3.05, 3.63) is 0 Å². The van der Waals surface area contributed by atoms with Crippen LogP contribution in [0.4, 0.5) is 0 Å². The normalized spacial score (nSPS) is 22.3. The van der Waals surface area contributed by atoms with Crippen molar-refractivity contribution in [3.8, 4) is 0 Å². The summed E-state index contributed by atoms with van der Waals surface area (Å²) in [4.78, 5) is 24.2. The summed E-state index contributed by atoms with van der Waals surface area (Å²) < 4.78 is 0. The lowest BCUT2D eigenvalue weighted by atomic mass is 10.0. The maximum atomic E-state index is 11.5. The summed E-state index contributed by atoms with van der Waals surface area (Å²) in [6.07, 6.45) is 3.10. The molecule has 1 unspecified atom stereocenters. The smallest absolute Gasteiger partial charge is 0.246 e. The highest BCUT2D eigenvalue weighted by Gasteiger charge is 2.31. The summed E-state index contributed by atoms with van der Waals surface area (Å²) in [7, 11) is 0. The van der Waals surface area contributed by atoms with Gasteiger partial charge in [0.1, 0.15) is 0 Å². The molecule has 0 aromatic heterocycles. The summed E-state index contributed by atoms with van der Waals surface area (Å²) in [5.74, 6) is -0.374. The highest BCUT2D eigenvalue weighted by atomic mass is 16.3. The predicted octanol–water partition coefficient (Wildman–Crippen LogP) is -0.375. The van der Waals surface area contributed by atoms with Gasteiger partial charge in [-0.3, -0.25) is 14.5 Å². The molecular weight excluding hydrogens is 196 g/mol. The van der Waals surface area contributed by atoms with Gasteiger partial charge in [0, 0.05) is 19.6 Å². The molecule has 86 valence electrons. The van der Waals surface area contributed by atoms with Crippen molar-refractivity contribution in [1.29, 1.82) is 0 Å². The molecule has 0 spiro atoms. The summed E-state index contributed by atoms with van der Waals surface area (Å²) in [6, 6.07) is -0.513. The topological polar surface area (TPSA) is 83.6 Å². The molecule has 1 aliphatic rings. The molecule has 1 fully saturated rings. The van der Waals surface area contributed by atoms with Crippen LogP contribution in [0.25, 0.3) is 0 Å². The van der Waals surface area contributed by atoms with Crippen LogP contribution in [-0.2, 0) is 9.59 Å². The maximum Gasteiger partial charge on any atom is 0.246 e. The van der Waals surface area contributed by atoms with Crippen LogP contribution in [0.3, 0.4) is 0 Å². The van der Waals surface area contributed by atoms with Crippen molar-refractivity contribution in [3.63, 3.8) is 0 Å². The number of carbonyl (C=O) groups excluding carboxylic acids is 2. The molecule has 3 N–H and O–H groups in total. The van der Waals surface area contributed by atoms with Gasteiger partial charge in [-0.1, -0.05) is 0 Å². The van der Waals surface area contributed by atoms with Crippen molar-refractivity contribution in [2.24, 2.45) is 5.73 Å². The largest absolute Gasteiger partial charge is 0.396 e. The number of aliphatic hydroxyl groups excluding tert-OH is 1. The number of aliphatic hydroxyl groups is 1. The Morgan fingerprint density at radius 2 is 2.07 bits per heavy atom. The molecule has 1 rings (SSSR count). The van der Waals surface area contributed by atoms with Gasteiger partial charge in [-0.25, -0.2) is 0 Å². The highest BCUT2D eigenvalue weighted by Crippen LogP contribution is 2.12. The van der Waals surface area contributed by atoms with E-state index in [1.54, 1.807) is 0 Å². The van der Waals surface area contributed by atoms with Crippen molar-refractivity contribution >= 4 is 11.8 Å². The number of nitrogens with two attached hydrogens (primary N) is 1. The minimum atomic E-state index is -0.513. The van der Waals surface area contributed by atoms with Crippen molar-refractivity contribution in [1.82, 2.24) is 4.90 Å². The highest BCUT2D eigenvalue weighted by molar-refractivity contribution is 6.00. The van der Waals surface area contributed by atoms with Crippen LogP contribution >= 0.6 is 0 Å². The van der Waals surface area contributed by atoms with Gasteiger partial charge in [-0.15, -0.1) is 0 Å². The van der Waals surface area contributed by atoms with E-state index in [0.717, 1.165) is 12.8 Å². The van der Waals surface area contributed by atoms with E-state index >= 15 is 0 Å². The Kier molecular flexibility index (Phi) is 4.71. The lowest BCUT2D eigenvalue weighted by Crippen LogP contribution is -2.51. The molecule has 2 amide bonds. The minimum absolute atomic E-state index is 0.120. The van der Waals surface area contributed by atoms with Crippen LogP contribution in [0.2, 0.25) is 0 Å². The molecule has 15 heavy (non-hydrogen) atoms. The summed E-state index contributed by atoms with van der Waals surface area (Å²) in [6.45, 7) is 0.590. The predicted molar refractivity (Wildman–Crippen MR) is 54.9 cm³/mol. The molecule has 5 nitrogen and oxygen atoms in total. The van der Waals surface area contributed by atoms with Crippen molar-refractivity contribution < 1.29 is 14.7 Å². The zero-order valence-electron chi connectivity index (χ0n) is 8.82. The maximum absolute atomic E-state index is 11.5. The van der Waals surface area contributed by atoms with E-state index in [1.165, 1.54) is 4.90 Å². The molecule has 1 saturated heterocycles. The number of hydrogen-bond acceptors (Lipinski definition) is 4. The lowest BCUT2D eigenvalue weighted by molar-refractivity contribution is -0.149. The number of piperidine rings is 1. The quantitative estimate of drug-likeness (QED) is 0.483. The fraction of sp³-hybridized carbons (Fsp3) is 0.800. The number of imide groups is 1. The molecule has 0 aliphatic carbocycles. The van der Waals surface area contributed by atoms with Gasteiger partial charge in [0.05, 0.1) is 6.04 Å². The molecule has 1 aliphatic heterocycles. The van der Waals surface area contributed by atoms with Crippen LogP contribution in [0, 0.1) is 0 Å². The van der Waals surface area contributed by atoms with Crippen LogP contribution in [-0.4, -0.2) is 41.0 Å². The average molecular weight is 214 g/mol. The van der Waals surface area contributed by atoms with E-state index < -0.39 is 6.04 Å². The first-order valence-corrected chi connectivity index (χ1v) is 5.37. The Labute approximate surface area is 89.2 Å². The Bertz CT molecular complexity index is 243. The van der Waals surface area contributed by atoms with Gasteiger partial charge in [0.2, 0.25) is 11.8 Å². The van der Waals surface area contributed by atoms with Crippen LogP contribution in [0.15, 0.2) is 0 Å². The number of likely N-dealkylation sites (tertiary alicyclic amines) is 1. The van der Waals surface area contributed by atoms with Gasteiger partial charge in [-0.05, 0) is 25.7 Å². The van der Waals surface area contributed by atoms with Crippen molar-refractivity contribution in [2.75, 3.05) is 13.2 Å². The van der Waals surface area contributed by atoms with Crippen LogP contribution < -0.4 is 5.73 Å². The average Bonchev–Trinajstić information content (AvgIpc) is 2.23. The fourth-order valence-electron chi connectivity index (χ4n) is 1.65. The molecule has 1 atom stereocenters. The van der Waals surface area contributed by atoms with Crippen LogP contribution in [0.1, 0.15) is 32.1 Å². The molecule has 0 aromatic carbocycles. The molecule has 1 heterocycles. The number of carbonyl (C=O) groups is 2. The first-order chi connectivity index (χ1) is 7.16. The molecular formula is C10H18N2O3. The summed E-state index contributed by atoms with van der Waals surface area (Å²) in [5, 5.41) is 8.58. The van der Waals surface area contributed by atoms with E-state index in [-0.39, 0.29) is 18.4 Å². The third-order valence-corrected chi connectivity index (χ3v) is 2.59. The van der Waals surface area contributed by atoms with Gasteiger partial charge < -0.3 is 10.8 Å². The summed E-state index contributed by atoms with van der Waals surface area (Å²) in [5.41, 5.74) is 5.58. The minimum Gasteiger partial charge on any atom is -0.396 e. The Morgan fingerprint density at radius 1 is 1.33 bits per heavy atom. The third kappa shape index (κ3) is 3.28. The first-order valence-electron chi connectivity index (χ1n) is 5.37. The molecule has 0 saturated carbocycles. The standard InChI is InChI=1S/C10H18N2O3/c11-8-4-5-9(14)12(10(8)15)6-2-1-3-7-13/h8,13H,1-7,11H2. The Balaban J connectivity index is 2.36. The summed E-state index contributed by atoms with van der Waals surface area (Å²) >= 11 is 0. The molecule has 5 heteroatoms. The second kappa shape index (κ2) is 5.82. The lowest BCUT2D eigenvalue weighted by Gasteiger charge is -2.28. The van der Waals surface area contributed by atoms with E-state index in [9.17, 15) is 9.59 Å². The number of amides is 2. The fourth-order valence-corrected chi connectivity index (χ4v) is 1.65. The van der Waals surface area contributed by atoms with E-state index in [2.05, 4.69) is 0 Å². The van der Waals surface area contributed by atoms with Crippen molar-refractivity contribution in [2.45, 2.75) is 38.1 Å². The van der Waals surface area contributed by atoms with E-state index in [0.29, 0.717) is 25.8 Å². The molecule has 0 radical (unpaired) electrons. The van der Waals surface area contributed by atoms with Crippen LogP contribution in [0.5, 0.6) is 0 Å². The SMILES string of the molecule is NC1CCC(=O)N(CCCCCO)C1=O. The van der Waals surface area contributed by atoms with Gasteiger partial charge in [0.25, 0.3) is 0 Å². The Morgan fingerprint density at radius 3 is 2.73 bits per heavy atom. The second-order valence-corrected chi connectivity index (χ2v) is 3.81. The Hall–Kier alpha value is -0.940. The van der Waals surface area contributed by atoms with E-state index in [4.69, 9.17) is 10.8 Å². The first kappa shape index (κ1) is 12.1. The zero-order chi connectivity index (χ0) is 11.3. The number of unbranched alkanes of at least 4 members (excludes halogenated alkanes) is 2. The van der Waals surface area contributed by atoms with Gasteiger partial charge in [0.15, 0.2) is 0 Å². The molecule has 0 aromatic rings. The monoisotopic (exact) mass is 214 g/mol. The third-order valence-electron chi connectivity index (χ3n) is 2.59. The zero-order valence-corrected chi connectivity index (χ0v) is 8.82. The van der Waals surface area contributed by atoms with Gasteiger partial charge in [-0.2, -0.15) is 0 Å². The molecule has 0 bridgehead atoms. The number of rotatable bonds is 5.